The molecule has 1 heterocycles. The van der Waals surface area contributed by atoms with Gasteiger partial charge in [-0.3, -0.25) is 4.79 Å². The van der Waals surface area contributed by atoms with Crippen LogP contribution in [0.3, 0.4) is 0 Å². The fourth-order valence-electron chi connectivity index (χ4n) is 2.45. The Morgan fingerprint density at radius 2 is 2.28 bits per heavy atom. The highest BCUT2D eigenvalue weighted by atomic mass is 16.3. The molecule has 0 fully saturated rings. The van der Waals surface area contributed by atoms with Gasteiger partial charge in [-0.25, -0.2) is 0 Å². The number of aliphatic hydroxyl groups excluding tert-OH is 1. The second-order valence-corrected chi connectivity index (χ2v) is 5.17. The molecule has 1 unspecified atom stereocenters. The number of carbonyl (C=O) groups excluding carboxylic acids is 1. The van der Waals surface area contributed by atoms with Crippen LogP contribution in [-0.4, -0.2) is 23.7 Å². The van der Waals surface area contributed by atoms with Gasteiger partial charge >= 0.3 is 0 Å². The fourth-order valence-corrected chi connectivity index (χ4v) is 2.45. The van der Waals surface area contributed by atoms with Gasteiger partial charge in [-0.1, -0.05) is 17.7 Å². The van der Waals surface area contributed by atoms with E-state index >= 15 is 0 Å². The summed E-state index contributed by atoms with van der Waals surface area (Å²) in [7, 11) is 0. The highest BCUT2D eigenvalue weighted by Crippen LogP contribution is 2.28. The molecule has 1 aromatic carbocycles. The van der Waals surface area contributed by atoms with E-state index < -0.39 is 6.10 Å². The SMILES string of the molecule is Cc1ccc2c(c1)CCCN2C(=O)CCC(C)O. The lowest BCUT2D eigenvalue weighted by molar-refractivity contribution is -0.119. The van der Waals surface area contributed by atoms with Gasteiger partial charge < -0.3 is 10.0 Å². The molecular weight excluding hydrogens is 226 g/mol. The first-order valence-corrected chi connectivity index (χ1v) is 6.66. The normalized spacial score (nSPS) is 16.3. The van der Waals surface area contributed by atoms with Gasteiger partial charge in [0, 0.05) is 18.7 Å². The first-order chi connectivity index (χ1) is 8.58. The van der Waals surface area contributed by atoms with Crippen molar-refractivity contribution in [1.29, 1.82) is 0 Å². The quantitative estimate of drug-likeness (QED) is 0.891. The van der Waals surface area contributed by atoms with Crippen LogP contribution in [0.4, 0.5) is 5.69 Å². The molecule has 0 bridgehead atoms. The van der Waals surface area contributed by atoms with Crippen molar-refractivity contribution in [2.45, 2.75) is 45.6 Å². The van der Waals surface area contributed by atoms with Crippen molar-refractivity contribution in [2.75, 3.05) is 11.4 Å². The van der Waals surface area contributed by atoms with Crippen LogP contribution in [0.1, 0.15) is 37.3 Å². The van der Waals surface area contributed by atoms with Crippen molar-refractivity contribution in [3.05, 3.63) is 29.3 Å². The Morgan fingerprint density at radius 1 is 1.50 bits per heavy atom. The van der Waals surface area contributed by atoms with Gasteiger partial charge in [0.05, 0.1) is 6.10 Å². The van der Waals surface area contributed by atoms with E-state index in [2.05, 4.69) is 19.1 Å². The van der Waals surface area contributed by atoms with Gasteiger partial charge in [-0.2, -0.15) is 0 Å². The molecule has 0 saturated carbocycles. The van der Waals surface area contributed by atoms with E-state index in [9.17, 15) is 9.90 Å². The van der Waals surface area contributed by atoms with Crippen molar-refractivity contribution < 1.29 is 9.90 Å². The Bertz CT molecular complexity index is 440. The third-order valence-electron chi connectivity index (χ3n) is 3.43. The van der Waals surface area contributed by atoms with Crippen LogP contribution in [0.25, 0.3) is 0 Å². The smallest absolute Gasteiger partial charge is 0.227 e. The van der Waals surface area contributed by atoms with E-state index in [0.29, 0.717) is 12.8 Å². The summed E-state index contributed by atoms with van der Waals surface area (Å²) in [6.45, 7) is 4.60. The van der Waals surface area contributed by atoms with Gasteiger partial charge in [0.15, 0.2) is 0 Å². The minimum atomic E-state index is -0.406. The summed E-state index contributed by atoms with van der Waals surface area (Å²) >= 11 is 0. The number of hydrogen-bond donors (Lipinski definition) is 1. The molecule has 0 radical (unpaired) electrons. The van der Waals surface area contributed by atoms with Crippen LogP contribution >= 0.6 is 0 Å². The molecule has 1 N–H and O–H groups in total. The van der Waals surface area contributed by atoms with E-state index in [4.69, 9.17) is 0 Å². The number of fused-ring (bicyclic) bond motifs is 1. The van der Waals surface area contributed by atoms with Gasteiger partial charge in [-0.05, 0) is 44.7 Å². The predicted octanol–water partition coefficient (Wildman–Crippen LogP) is 2.44. The molecule has 18 heavy (non-hydrogen) atoms. The van der Waals surface area contributed by atoms with Crippen molar-refractivity contribution in [1.82, 2.24) is 0 Å². The third kappa shape index (κ3) is 2.91. The summed E-state index contributed by atoms with van der Waals surface area (Å²) in [5.41, 5.74) is 3.57. The van der Waals surface area contributed by atoms with Crippen molar-refractivity contribution in [3.63, 3.8) is 0 Å². The van der Waals surface area contributed by atoms with Gasteiger partial charge in [0.1, 0.15) is 0 Å². The van der Waals surface area contributed by atoms with Crippen LogP contribution in [0.2, 0.25) is 0 Å². The Kier molecular flexibility index (Phi) is 4.02. The molecule has 1 aliphatic heterocycles. The highest BCUT2D eigenvalue weighted by Gasteiger charge is 2.22. The van der Waals surface area contributed by atoms with Crippen LogP contribution < -0.4 is 4.90 Å². The van der Waals surface area contributed by atoms with E-state index in [-0.39, 0.29) is 5.91 Å². The van der Waals surface area contributed by atoms with E-state index in [1.807, 2.05) is 11.0 Å². The topological polar surface area (TPSA) is 40.5 Å². The van der Waals surface area contributed by atoms with Crippen LogP contribution in [0.15, 0.2) is 18.2 Å². The molecule has 1 aromatic rings. The number of nitrogens with zero attached hydrogens (tertiary/aromatic N) is 1. The molecule has 3 nitrogen and oxygen atoms in total. The van der Waals surface area contributed by atoms with Crippen LogP contribution in [-0.2, 0) is 11.2 Å². The summed E-state index contributed by atoms with van der Waals surface area (Å²) in [5, 5.41) is 9.26. The average Bonchev–Trinajstić information content (AvgIpc) is 2.34. The molecule has 1 aliphatic rings. The van der Waals surface area contributed by atoms with E-state index in [1.54, 1.807) is 6.92 Å². The molecule has 3 heteroatoms. The van der Waals surface area contributed by atoms with Gasteiger partial charge in [0.25, 0.3) is 0 Å². The minimum Gasteiger partial charge on any atom is -0.393 e. The second-order valence-electron chi connectivity index (χ2n) is 5.17. The number of carbonyl (C=O) groups is 1. The second kappa shape index (κ2) is 5.53. The summed E-state index contributed by atoms with van der Waals surface area (Å²) in [4.78, 5) is 14.0. The summed E-state index contributed by atoms with van der Waals surface area (Å²) in [6, 6.07) is 6.27. The number of aliphatic hydroxyl groups is 1. The molecule has 0 aromatic heterocycles. The van der Waals surface area contributed by atoms with E-state index in [0.717, 1.165) is 25.1 Å². The lowest BCUT2D eigenvalue weighted by Crippen LogP contribution is -2.35. The highest BCUT2D eigenvalue weighted by molar-refractivity contribution is 5.94. The minimum absolute atomic E-state index is 0.126. The zero-order chi connectivity index (χ0) is 13.1. The van der Waals surface area contributed by atoms with Crippen molar-refractivity contribution >= 4 is 11.6 Å². The Hall–Kier alpha value is -1.35. The fraction of sp³-hybridized carbons (Fsp3) is 0.533. The average molecular weight is 247 g/mol. The van der Waals surface area contributed by atoms with Gasteiger partial charge in [-0.15, -0.1) is 0 Å². The summed E-state index contributed by atoms with van der Waals surface area (Å²) < 4.78 is 0. The number of benzene rings is 1. The number of rotatable bonds is 3. The van der Waals surface area contributed by atoms with Crippen LogP contribution in [0.5, 0.6) is 0 Å². The summed E-state index contributed by atoms with van der Waals surface area (Å²) in [6.07, 6.45) is 2.63. The molecule has 98 valence electrons. The molecule has 0 spiro atoms. The zero-order valence-corrected chi connectivity index (χ0v) is 11.1. The molecule has 0 aliphatic carbocycles. The number of aryl methyl sites for hydroxylation is 2. The van der Waals surface area contributed by atoms with Crippen LogP contribution in [0, 0.1) is 6.92 Å². The first kappa shape index (κ1) is 13.1. The number of amides is 1. The standard InChI is InChI=1S/C15H21NO2/c1-11-5-7-14-13(10-11)4-3-9-16(14)15(18)8-6-12(2)17/h5,7,10,12,17H,3-4,6,8-9H2,1-2H3. The maximum atomic E-state index is 12.2. The third-order valence-corrected chi connectivity index (χ3v) is 3.43. The Morgan fingerprint density at radius 3 is 3.00 bits per heavy atom. The zero-order valence-electron chi connectivity index (χ0n) is 11.1. The van der Waals surface area contributed by atoms with Crippen molar-refractivity contribution in [3.8, 4) is 0 Å². The molecule has 1 amide bonds. The lowest BCUT2D eigenvalue weighted by atomic mass is 9.99. The maximum absolute atomic E-state index is 12.2. The molecule has 1 atom stereocenters. The molecule has 0 saturated heterocycles. The largest absolute Gasteiger partial charge is 0.393 e. The molecule has 2 rings (SSSR count). The lowest BCUT2D eigenvalue weighted by Gasteiger charge is -2.30. The number of hydrogen-bond acceptors (Lipinski definition) is 2. The Labute approximate surface area is 108 Å². The molecular formula is C15H21NO2. The van der Waals surface area contributed by atoms with E-state index in [1.165, 1.54) is 11.1 Å². The monoisotopic (exact) mass is 247 g/mol. The Balaban J connectivity index is 2.14. The number of anilines is 1. The summed E-state index contributed by atoms with van der Waals surface area (Å²) in [5.74, 6) is 0.126. The predicted molar refractivity (Wildman–Crippen MR) is 72.8 cm³/mol. The maximum Gasteiger partial charge on any atom is 0.227 e. The first-order valence-electron chi connectivity index (χ1n) is 6.66. The van der Waals surface area contributed by atoms with Gasteiger partial charge in [0.2, 0.25) is 5.91 Å². The van der Waals surface area contributed by atoms with Crippen molar-refractivity contribution in [2.24, 2.45) is 0 Å².